The maximum Gasteiger partial charge on any atom is 0.416 e. The van der Waals surface area contributed by atoms with Crippen LogP contribution in [0.5, 0.6) is 11.5 Å². The Kier molecular flexibility index (Phi) is 12.7. The standard InChI is InChI=1S/C29H18F6O.C15H10O3.C14H7ClO2/c1-36-21-14-15-24-25(16-21)27(18-8-12-20(13-9-18)29(33,34)35)23-5-3-2-4-22(23)26(24)17-6-10-19(11-7-17)28(30,31)32;1-18-9-6-7-12-13(8-9)15(17)11-5-3-2-4-10(11)14(12)16;15-8-5-6-11-12(7-8)14(17)10-4-2-1-3-9(10)13(11)16/h2-16H,1H3;2-8H,1H3;1-7H. The van der Waals surface area contributed by atoms with E-state index in [1.54, 1.807) is 97.1 Å². The van der Waals surface area contributed by atoms with E-state index < -0.39 is 23.5 Å². The summed E-state index contributed by atoms with van der Waals surface area (Å²) in [5.74, 6) is 0.630. The fourth-order valence-corrected chi connectivity index (χ4v) is 9.01. The molecular formula is C58H35ClF6O6. The molecule has 0 fully saturated rings. The van der Waals surface area contributed by atoms with Crippen molar-refractivity contribution >= 4 is 56.3 Å². The lowest BCUT2D eigenvalue weighted by atomic mass is 9.84. The summed E-state index contributed by atoms with van der Waals surface area (Å²) in [5.41, 5.74) is 4.64. The van der Waals surface area contributed by atoms with Crippen molar-refractivity contribution in [2.75, 3.05) is 14.2 Å². The molecule has 9 aromatic rings. The minimum atomic E-state index is -4.46. The molecule has 71 heavy (non-hydrogen) atoms. The minimum Gasteiger partial charge on any atom is -0.497 e. The molecule has 13 heteroatoms. The summed E-state index contributed by atoms with van der Waals surface area (Å²) >= 11 is 5.85. The number of methoxy groups -OCH3 is 2. The second-order valence-electron chi connectivity index (χ2n) is 16.4. The van der Waals surface area contributed by atoms with E-state index in [2.05, 4.69) is 0 Å². The number of hydrogen-bond donors (Lipinski definition) is 0. The van der Waals surface area contributed by atoms with Crippen molar-refractivity contribution in [3.05, 3.63) is 237 Å². The topological polar surface area (TPSA) is 86.7 Å². The predicted octanol–water partition coefficient (Wildman–Crippen LogP) is 15.0. The van der Waals surface area contributed by atoms with Crippen molar-refractivity contribution in [2.24, 2.45) is 0 Å². The molecule has 0 N–H and O–H groups in total. The van der Waals surface area contributed by atoms with Crippen LogP contribution in [0.25, 0.3) is 43.8 Å². The van der Waals surface area contributed by atoms with E-state index in [1.807, 2.05) is 30.3 Å². The van der Waals surface area contributed by atoms with Gasteiger partial charge in [0.25, 0.3) is 0 Å². The summed E-state index contributed by atoms with van der Waals surface area (Å²) < 4.78 is 89.6. The molecule has 0 radical (unpaired) electrons. The van der Waals surface area contributed by atoms with E-state index in [9.17, 15) is 45.5 Å². The number of ether oxygens (including phenoxy) is 2. The van der Waals surface area contributed by atoms with Crippen LogP contribution in [0.15, 0.2) is 176 Å². The molecular weight excluding hydrogens is 942 g/mol. The SMILES string of the molecule is COc1ccc2c(-c3ccc(C(F)(F)F)cc3)c3ccccc3c(-c3ccc(C(F)(F)F)cc3)c2c1.COc1ccc2c(c1)C(=O)c1ccccc1C2=O.O=C1c2ccccc2C(=O)c2cc(Cl)ccc21. The van der Waals surface area contributed by atoms with Crippen molar-refractivity contribution in [1.29, 1.82) is 0 Å². The Morgan fingerprint density at radius 3 is 1.13 bits per heavy atom. The number of carbonyl (C=O) groups excluding carboxylic acids is 4. The number of carbonyl (C=O) groups is 4. The summed E-state index contributed by atoms with van der Waals surface area (Å²) in [6.07, 6.45) is -8.92. The third-order valence-electron chi connectivity index (χ3n) is 12.3. The highest BCUT2D eigenvalue weighted by molar-refractivity contribution is 6.33. The van der Waals surface area contributed by atoms with Gasteiger partial charge in [0.15, 0.2) is 23.1 Å². The van der Waals surface area contributed by atoms with Crippen LogP contribution >= 0.6 is 11.6 Å². The molecule has 2 aliphatic carbocycles. The van der Waals surface area contributed by atoms with Crippen LogP contribution in [0.2, 0.25) is 5.02 Å². The summed E-state index contributed by atoms with van der Waals surface area (Å²) in [6, 6.07) is 46.1. The molecule has 0 aromatic heterocycles. The van der Waals surface area contributed by atoms with Gasteiger partial charge in [0.05, 0.1) is 25.3 Å². The predicted molar refractivity (Wildman–Crippen MR) is 260 cm³/mol. The maximum atomic E-state index is 13.2. The number of alkyl halides is 6. The molecule has 0 aliphatic heterocycles. The van der Waals surface area contributed by atoms with Gasteiger partial charge in [0.2, 0.25) is 0 Å². The van der Waals surface area contributed by atoms with Crippen LogP contribution in [0.3, 0.4) is 0 Å². The lowest BCUT2D eigenvalue weighted by Crippen LogP contribution is -2.20. The van der Waals surface area contributed by atoms with E-state index in [-0.39, 0.29) is 23.1 Å². The van der Waals surface area contributed by atoms with Crippen LogP contribution in [0, 0.1) is 0 Å². The molecule has 0 amide bonds. The van der Waals surface area contributed by atoms with Crippen molar-refractivity contribution in [2.45, 2.75) is 12.4 Å². The highest BCUT2D eigenvalue weighted by Gasteiger charge is 2.33. The summed E-state index contributed by atoms with van der Waals surface area (Å²) in [4.78, 5) is 48.9. The number of rotatable bonds is 4. The van der Waals surface area contributed by atoms with Crippen LogP contribution in [-0.2, 0) is 12.4 Å². The third-order valence-corrected chi connectivity index (χ3v) is 12.5. The first-order valence-corrected chi connectivity index (χ1v) is 22.1. The average Bonchev–Trinajstić information content (AvgIpc) is 3.38. The second kappa shape index (κ2) is 18.9. The number of hydrogen-bond acceptors (Lipinski definition) is 6. The van der Waals surface area contributed by atoms with Crippen LogP contribution < -0.4 is 9.47 Å². The molecule has 0 heterocycles. The van der Waals surface area contributed by atoms with Crippen LogP contribution in [0.1, 0.15) is 74.8 Å². The molecule has 0 spiro atoms. The van der Waals surface area contributed by atoms with Crippen LogP contribution in [0.4, 0.5) is 26.3 Å². The Morgan fingerprint density at radius 2 is 0.690 bits per heavy atom. The van der Waals surface area contributed by atoms with Crippen molar-refractivity contribution < 1.29 is 55.0 Å². The Balaban J connectivity index is 0.000000148. The maximum absolute atomic E-state index is 13.2. The molecule has 9 aromatic carbocycles. The normalized spacial score (nSPS) is 12.7. The molecule has 0 saturated carbocycles. The van der Waals surface area contributed by atoms with Gasteiger partial charge in [-0.3, -0.25) is 19.2 Å². The molecule has 0 atom stereocenters. The van der Waals surface area contributed by atoms with Crippen molar-refractivity contribution in [3.8, 4) is 33.8 Å². The quantitative estimate of drug-likeness (QED) is 0.129. The van der Waals surface area contributed by atoms with Gasteiger partial charge in [-0.05, 0) is 117 Å². The Hall–Kier alpha value is -8.35. The number of fused-ring (bicyclic) bond motifs is 6. The van der Waals surface area contributed by atoms with Gasteiger partial charge >= 0.3 is 12.4 Å². The number of ketones is 4. The van der Waals surface area contributed by atoms with Gasteiger partial charge in [-0.1, -0.05) is 115 Å². The van der Waals surface area contributed by atoms with Crippen LogP contribution in [-0.4, -0.2) is 37.4 Å². The van der Waals surface area contributed by atoms with E-state index >= 15 is 0 Å². The molecule has 11 rings (SSSR count). The Labute approximate surface area is 406 Å². The smallest absolute Gasteiger partial charge is 0.416 e. The van der Waals surface area contributed by atoms with Gasteiger partial charge in [-0.25, -0.2) is 0 Å². The highest BCUT2D eigenvalue weighted by atomic mass is 35.5. The molecule has 0 unspecified atom stereocenters. The Bertz CT molecular complexity index is 3620. The number of benzene rings is 9. The second-order valence-corrected chi connectivity index (χ2v) is 16.8. The van der Waals surface area contributed by atoms with E-state index in [0.29, 0.717) is 83.1 Å². The summed E-state index contributed by atoms with van der Waals surface area (Å²) in [6.45, 7) is 0. The van der Waals surface area contributed by atoms with Crippen molar-refractivity contribution in [3.63, 3.8) is 0 Å². The fourth-order valence-electron chi connectivity index (χ4n) is 8.84. The van der Waals surface area contributed by atoms with Gasteiger partial charge in [-0.15, -0.1) is 0 Å². The van der Waals surface area contributed by atoms with Gasteiger partial charge in [-0.2, -0.15) is 26.3 Å². The van der Waals surface area contributed by atoms with Crippen molar-refractivity contribution in [1.82, 2.24) is 0 Å². The minimum absolute atomic E-state index is 0.108. The fraction of sp³-hybridized carbons (Fsp3) is 0.0690. The largest absolute Gasteiger partial charge is 0.497 e. The zero-order valence-electron chi connectivity index (χ0n) is 37.3. The summed E-state index contributed by atoms with van der Waals surface area (Å²) in [5, 5.41) is 3.44. The van der Waals surface area contributed by atoms with Gasteiger partial charge in [0, 0.05) is 49.5 Å². The third kappa shape index (κ3) is 9.05. The first-order valence-electron chi connectivity index (χ1n) is 21.7. The van der Waals surface area contributed by atoms with E-state index in [4.69, 9.17) is 21.1 Å². The van der Waals surface area contributed by atoms with E-state index in [0.717, 1.165) is 46.0 Å². The summed E-state index contributed by atoms with van der Waals surface area (Å²) in [7, 11) is 3.04. The molecule has 6 nitrogen and oxygen atoms in total. The van der Waals surface area contributed by atoms with E-state index in [1.165, 1.54) is 38.5 Å². The molecule has 0 saturated heterocycles. The molecule has 2 aliphatic rings. The number of halogens is 7. The van der Waals surface area contributed by atoms with Gasteiger partial charge in [0.1, 0.15) is 11.5 Å². The Morgan fingerprint density at radius 1 is 0.352 bits per heavy atom. The average molecular weight is 977 g/mol. The molecule has 352 valence electrons. The first-order chi connectivity index (χ1) is 34.0. The highest BCUT2D eigenvalue weighted by Crippen LogP contribution is 2.46. The zero-order valence-corrected chi connectivity index (χ0v) is 38.1. The first kappa shape index (κ1) is 47.7. The monoisotopic (exact) mass is 976 g/mol. The lowest BCUT2D eigenvalue weighted by Gasteiger charge is -2.19. The lowest BCUT2D eigenvalue weighted by molar-refractivity contribution is -0.138. The molecule has 0 bridgehead atoms. The van der Waals surface area contributed by atoms with Gasteiger partial charge < -0.3 is 9.47 Å². The zero-order chi connectivity index (χ0) is 50.4.